The molecule has 0 saturated carbocycles. The van der Waals surface area contributed by atoms with Crippen LogP contribution in [0.3, 0.4) is 0 Å². The normalized spacial score (nSPS) is 18.7. The second-order valence-electron chi connectivity index (χ2n) is 8.78. The topological polar surface area (TPSA) is 148 Å². The van der Waals surface area contributed by atoms with Gasteiger partial charge < -0.3 is 25.3 Å². The monoisotopic (exact) mass is 744 g/mol. The number of allylic oxidation sites excluding steroid dienone is 1. The molecule has 1 fully saturated rings. The van der Waals surface area contributed by atoms with Crippen molar-refractivity contribution in [2.24, 2.45) is 5.41 Å². The Kier molecular flexibility index (Phi) is 14.9. The van der Waals surface area contributed by atoms with Crippen LogP contribution >= 0.6 is 0 Å². The molecule has 0 amide bonds. The number of halogens is 9. The predicted molar refractivity (Wildman–Crippen MR) is 112 cm³/mol. The van der Waals surface area contributed by atoms with E-state index in [2.05, 4.69) is 0 Å². The van der Waals surface area contributed by atoms with E-state index in [0.29, 0.717) is 4.90 Å². The van der Waals surface area contributed by atoms with Crippen molar-refractivity contribution in [1.29, 1.82) is 0 Å². The SMILES string of the molecule is O=C(O)CN1CCN(/C=C(\[O-])C(C(F)(F)F)(C(F)(F)F)C(F)(F)F)CCN(CC(=O)O)CCN(CC(=O)O)CC1.[La]. The molecule has 1 aliphatic rings. The van der Waals surface area contributed by atoms with Crippen LogP contribution in [0.4, 0.5) is 39.5 Å². The van der Waals surface area contributed by atoms with Crippen LogP contribution in [-0.4, -0.2) is 143 Å². The molecule has 1 saturated heterocycles. The van der Waals surface area contributed by atoms with E-state index >= 15 is 0 Å². The van der Waals surface area contributed by atoms with Gasteiger partial charge in [-0.15, -0.1) is 0 Å². The van der Waals surface area contributed by atoms with Gasteiger partial charge in [-0.25, -0.2) is 0 Å². The van der Waals surface area contributed by atoms with E-state index in [4.69, 9.17) is 15.3 Å². The summed E-state index contributed by atoms with van der Waals surface area (Å²) in [7, 11) is 0. The molecule has 0 spiro atoms. The summed E-state index contributed by atoms with van der Waals surface area (Å²) in [4.78, 5) is 37.5. The van der Waals surface area contributed by atoms with Crippen LogP contribution < -0.4 is 5.11 Å². The van der Waals surface area contributed by atoms with E-state index in [1.807, 2.05) is 0 Å². The number of hydrogen-bond acceptors (Lipinski definition) is 8. The molecule has 41 heavy (non-hydrogen) atoms. The Morgan fingerprint density at radius 1 is 0.585 bits per heavy atom. The summed E-state index contributed by atoms with van der Waals surface area (Å²) in [6, 6.07) is 0. The van der Waals surface area contributed by atoms with Crippen molar-refractivity contribution in [3.05, 3.63) is 12.0 Å². The van der Waals surface area contributed by atoms with Crippen molar-refractivity contribution in [3.8, 4) is 0 Å². The third-order valence-electron chi connectivity index (χ3n) is 5.89. The fourth-order valence-electron chi connectivity index (χ4n) is 3.89. The van der Waals surface area contributed by atoms with Gasteiger partial charge in [-0.05, 0) is 6.20 Å². The summed E-state index contributed by atoms with van der Waals surface area (Å²) in [5.41, 5.74) is -6.75. The molecule has 0 atom stereocenters. The second-order valence-corrected chi connectivity index (χ2v) is 8.78. The van der Waals surface area contributed by atoms with Crippen LogP contribution in [0.2, 0.25) is 0 Å². The quantitative estimate of drug-likeness (QED) is 0.234. The number of carboxylic acids is 3. The van der Waals surface area contributed by atoms with E-state index in [0.717, 1.165) is 9.80 Å². The van der Waals surface area contributed by atoms with Crippen LogP contribution in [-0.2, 0) is 14.4 Å². The number of rotatable bonds is 8. The minimum Gasteiger partial charge on any atom is -0.873 e. The third kappa shape index (κ3) is 11.1. The molecule has 11 nitrogen and oxygen atoms in total. The average molecular weight is 744 g/mol. The van der Waals surface area contributed by atoms with Gasteiger partial charge >= 0.3 is 36.4 Å². The fraction of sp³-hybridized carbons (Fsp3) is 0.750. The first-order chi connectivity index (χ1) is 18.1. The molecule has 0 unspecified atom stereocenters. The Bertz CT molecular complexity index is 864. The summed E-state index contributed by atoms with van der Waals surface area (Å²) in [5.74, 6) is -7.51. The second kappa shape index (κ2) is 15.6. The summed E-state index contributed by atoms with van der Waals surface area (Å²) >= 11 is 0. The fourth-order valence-corrected chi connectivity index (χ4v) is 3.89. The van der Waals surface area contributed by atoms with Crippen molar-refractivity contribution in [2.45, 2.75) is 18.5 Å². The number of carboxylic acid groups (broad SMARTS) is 3. The molecule has 235 valence electrons. The van der Waals surface area contributed by atoms with Crippen LogP contribution in [0.15, 0.2) is 12.0 Å². The Balaban J connectivity index is 0.0000160. The van der Waals surface area contributed by atoms with E-state index in [9.17, 15) is 59.0 Å². The van der Waals surface area contributed by atoms with Gasteiger partial charge in [-0.1, -0.05) is 5.76 Å². The molecule has 21 heteroatoms. The van der Waals surface area contributed by atoms with Crippen molar-refractivity contribution in [2.75, 3.05) is 72.0 Å². The maximum absolute atomic E-state index is 13.4. The molecule has 0 aliphatic carbocycles. The van der Waals surface area contributed by atoms with Crippen LogP contribution in [0, 0.1) is 41.0 Å². The molecule has 1 heterocycles. The molecule has 0 aromatic heterocycles. The van der Waals surface area contributed by atoms with Crippen molar-refractivity contribution < 1.29 is 110 Å². The van der Waals surface area contributed by atoms with Gasteiger partial charge in [0, 0.05) is 88.0 Å². The first-order valence-corrected chi connectivity index (χ1v) is 11.3. The van der Waals surface area contributed by atoms with Gasteiger partial charge in [0.15, 0.2) is 0 Å². The van der Waals surface area contributed by atoms with E-state index in [-0.39, 0.29) is 61.8 Å². The largest absolute Gasteiger partial charge is 0.873 e. The molecular formula is C20H26F9LaN4O7-. The number of aliphatic carboxylic acids is 3. The zero-order valence-corrected chi connectivity index (χ0v) is 24.7. The van der Waals surface area contributed by atoms with E-state index < -0.39 is 99.6 Å². The third-order valence-corrected chi connectivity index (χ3v) is 5.89. The number of nitrogens with zero attached hydrogens (tertiary/aromatic N) is 4. The summed E-state index contributed by atoms with van der Waals surface area (Å²) in [6.07, 6.45) is -21.9. The van der Waals surface area contributed by atoms with Gasteiger partial charge in [-0.2, -0.15) is 39.5 Å². The smallest absolute Gasteiger partial charge is 0.415 e. The van der Waals surface area contributed by atoms with Gasteiger partial charge in [0.2, 0.25) is 0 Å². The Morgan fingerprint density at radius 2 is 0.829 bits per heavy atom. The predicted octanol–water partition coefficient (Wildman–Crippen LogP) is 0.337. The maximum Gasteiger partial charge on any atom is 0.415 e. The zero-order chi connectivity index (χ0) is 31.1. The summed E-state index contributed by atoms with van der Waals surface area (Å²) < 4.78 is 120. The summed E-state index contributed by atoms with van der Waals surface area (Å²) in [6.45, 7) is -5.15. The Labute approximate surface area is 254 Å². The average Bonchev–Trinajstić information content (AvgIpc) is 2.71. The number of hydrogen-bond donors (Lipinski definition) is 3. The zero-order valence-electron chi connectivity index (χ0n) is 21.1. The molecule has 1 rings (SSSR count). The molecule has 0 bridgehead atoms. The van der Waals surface area contributed by atoms with Crippen molar-refractivity contribution >= 4 is 17.9 Å². The molecular weight excluding hydrogens is 718 g/mol. The van der Waals surface area contributed by atoms with Gasteiger partial charge in [0.1, 0.15) is 0 Å². The van der Waals surface area contributed by atoms with Crippen molar-refractivity contribution in [1.82, 2.24) is 19.6 Å². The molecule has 3 N–H and O–H groups in total. The Hall–Kier alpha value is -1.81. The van der Waals surface area contributed by atoms with Gasteiger partial charge in [0.25, 0.3) is 5.41 Å². The molecule has 1 radical (unpaired) electrons. The minimum absolute atomic E-state index is 0. The van der Waals surface area contributed by atoms with Gasteiger partial charge in [0.05, 0.1) is 19.6 Å². The molecule has 1 aliphatic heterocycles. The standard InChI is InChI=1S/C20H27F9N4O7.La/c21-18(22,23)17(19(24,25)26,20(27,28)29)13(34)9-30-1-3-31(10-14(35)36)5-7-33(12-16(39)40)8-6-32(4-2-30)11-15(37)38;/h9,34H,1-8,10-12H2,(H,35,36)(H,37,38)(H,39,40);/p-1/b13-9-;. The minimum atomic E-state index is -7.14. The first kappa shape index (κ1) is 39.2. The van der Waals surface area contributed by atoms with E-state index in [1.54, 1.807) is 0 Å². The van der Waals surface area contributed by atoms with Crippen molar-refractivity contribution in [3.63, 3.8) is 0 Å². The number of alkyl halides is 9. The van der Waals surface area contributed by atoms with E-state index in [1.165, 1.54) is 4.90 Å². The first-order valence-electron chi connectivity index (χ1n) is 11.3. The Morgan fingerprint density at radius 3 is 1.05 bits per heavy atom. The van der Waals surface area contributed by atoms with Gasteiger partial charge in [-0.3, -0.25) is 29.1 Å². The number of carbonyl (C=O) groups is 3. The molecule has 0 aromatic carbocycles. The van der Waals surface area contributed by atoms with Crippen LogP contribution in [0.1, 0.15) is 0 Å². The van der Waals surface area contributed by atoms with Crippen LogP contribution in [0.25, 0.3) is 0 Å². The maximum atomic E-state index is 13.4. The summed E-state index contributed by atoms with van der Waals surface area (Å²) in [5, 5.41) is 39.6. The molecule has 0 aromatic rings. The van der Waals surface area contributed by atoms with Crippen LogP contribution in [0.5, 0.6) is 0 Å².